The lowest BCUT2D eigenvalue weighted by Gasteiger charge is -2.02. The van der Waals surface area contributed by atoms with Crippen LogP contribution < -0.4 is 5.32 Å². The van der Waals surface area contributed by atoms with Crippen LogP contribution in [0.2, 0.25) is 0 Å². The molecule has 4 heteroatoms. The molecule has 0 bridgehead atoms. The van der Waals surface area contributed by atoms with Gasteiger partial charge in [-0.3, -0.25) is 4.79 Å². The Labute approximate surface area is 109 Å². The van der Waals surface area contributed by atoms with E-state index in [2.05, 4.69) is 27.9 Å². The van der Waals surface area contributed by atoms with E-state index in [0.29, 0.717) is 0 Å². The minimum Gasteiger partial charge on any atom is -0.351 e. The third kappa shape index (κ3) is 4.97. The van der Waals surface area contributed by atoms with Gasteiger partial charge in [-0.1, -0.05) is 29.0 Å². The second-order valence-electron chi connectivity index (χ2n) is 3.42. The topological polar surface area (TPSA) is 29.1 Å². The summed E-state index contributed by atoms with van der Waals surface area (Å²) in [4.78, 5) is 13.6. The number of carbonyl (C=O) groups excluding carboxylic acids is 1. The highest BCUT2D eigenvalue weighted by molar-refractivity contribution is 14.1. The third-order valence-electron chi connectivity index (χ3n) is 2.06. The van der Waals surface area contributed by atoms with Gasteiger partial charge in [0, 0.05) is 11.4 Å². The van der Waals surface area contributed by atoms with Crippen molar-refractivity contribution in [2.75, 3.05) is 11.0 Å². The van der Waals surface area contributed by atoms with Crippen molar-refractivity contribution in [2.24, 2.45) is 0 Å². The largest absolute Gasteiger partial charge is 0.351 e. The molecular weight excluding hydrogens is 321 g/mol. The van der Waals surface area contributed by atoms with Crippen LogP contribution in [0.15, 0.2) is 12.1 Å². The van der Waals surface area contributed by atoms with Gasteiger partial charge >= 0.3 is 0 Å². The zero-order valence-corrected chi connectivity index (χ0v) is 11.9. The summed E-state index contributed by atoms with van der Waals surface area (Å²) < 4.78 is 1.20. The quantitative estimate of drug-likeness (QED) is 0.481. The highest BCUT2D eigenvalue weighted by Crippen LogP contribution is 2.14. The van der Waals surface area contributed by atoms with Crippen molar-refractivity contribution in [2.45, 2.75) is 26.2 Å². The third-order valence-corrected chi connectivity index (χ3v) is 3.82. The zero-order valence-electron chi connectivity index (χ0n) is 8.88. The molecule has 0 atom stereocenters. The Balaban J connectivity index is 2.19. The molecule has 0 saturated heterocycles. The molecule has 1 rings (SSSR count). The molecule has 1 N–H and O–H groups in total. The van der Waals surface area contributed by atoms with Crippen molar-refractivity contribution >= 4 is 39.8 Å². The van der Waals surface area contributed by atoms with E-state index in [-0.39, 0.29) is 5.91 Å². The van der Waals surface area contributed by atoms with Gasteiger partial charge in [0.2, 0.25) is 0 Å². The minimum absolute atomic E-state index is 0.0718. The predicted molar refractivity (Wildman–Crippen MR) is 74.1 cm³/mol. The fourth-order valence-corrected chi connectivity index (χ4v) is 2.57. The number of aryl methyl sites for hydroxylation is 1. The molecule has 0 aromatic carbocycles. The maximum atomic E-state index is 11.6. The van der Waals surface area contributed by atoms with Crippen molar-refractivity contribution < 1.29 is 4.79 Å². The van der Waals surface area contributed by atoms with E-state index in [0.717, 1.165) is 17.8 Å². The Bertz CT molecular complexity index is 311. The van der Waals surface area contributed by atoms with E-state index in [4.69, 9.17) is 0 Å². The number of unbranched alkanes of at least 4 members (excludes halogenated alkanes) is 2. The van der Waals surface area contributed by atoms with E-state index in [1.165, 1.54) is 22.1 Å². The summed E-state index contributed by atoms with van der Waals surface area (Å²) in [7, 11) is 0. The summed E-state index contributed by atoms with van der Waals surface area (Å²) in [6, 6.07) is 3.87. The highest BCUT2D eigenvalue weighted by Gasteiger charge is 2.06. The molecule has 0 radical (unpaired) electrons. The van der Waals surface area contributed by atoms with Crippen LogP contribution in [0.5, 0.6) is 0 Å². The lowest BCUT2D eigenvalue weighted by atomic mass is 10.2. The zero-order chi connectivity index (χ0) is 11.1. The van der Waals surface area contributed by atoms with E-state index in [9.17, 15) is 4.79 Å². The van der Waals surface area contributed by atoms with Gasteiger partial charge in [0.05, 0.1) is 4.88 Å². The van der Waals surface area contributed by atoms with Crippen LogP contribution in [-0.4, -0.2) is 16.9 Å². The normalized spacial score (nSPS) is 10.3. The van der Waals surface area contributed by atoms with Crippen LogP contribution in [-0.2, 0) is 0 Å². The number of carbonyl (C=O) groups is 1. The first-order chi connectivity index (χ1) is 7.24. The first-order valence-electron chi connectivity index (χ1n) is 5.14. The molecule has 15 heavy (non-hydrogen) atoms. The summed E-state index contributed by atoms with van der Waals surface area (Å²) in [6.45, 7) is 2.81. The Hall–Kier alpha value is -0.100. The summed E-state index contributed by atoms with van der Waals surface area (Å²) in [5, 5.41) is 2.94. The molecular formula is C11H16INOS. The van der Waals surface area contributed by atoms with Gasteiger partial charge in [0.25, 0.3) is 5.91 Å². The smallest absolute Gasteiger partial charge is 0.261 e. The predicted octanol–water partition coefficient (Wildman–Crippen LogP) is 3.39. The second kappa shape index (κ2) is 7.22. The van der Waals surface area contributed by atoms with E-state index in [1.54, 1.807) is 11.3 Å². The SMILES string of the molecule is Cc1ccc(C(=O)NCCCCCI)s1. The highest BCUT2D eigenvalue weighted by atomic mass is 127. The molecule has 0 unspecified atom stereocenters. The number of hydrogen-bond donors (Lipinski definition) is 1. The Morgan fingerprint density at radius 1 is 1.40 bits per heavy atom. The molecule has 0 aliphatic carbocycles. The second-order valence-corrected chi connectivity index (χ2v) is 5.78. The van der Waals surface area contributed by atoms with Crippen LogP contribution in [0.25, 0.3) is 0 Å². The number of halogens is 1. The number of rotatable bonds is 6. The lowest BCUT2D eigenvalue weighted by Crippen LogP contribution is -2.23. The number of thiophene rings is 1. The molecule has 1 aromatic rings. The van der Waals surface area contributed by atoms with E-state index < -0.39 is 0 Å². The van der Waals surface area contributed by atoms with Crippen molar-refractivity contribution in [3.8, 4) is 0 Å². The summed E-state index contributed by atoms with van der Waals surface area (Å²) in [6.07, 6.45) is 3.53. The lowest BCUT2D eigenvalue weighted by molar-refractivity contribution is 0.0957. The van der Waals surface area contributed by atoms with Crippen molar-refractivity contribution in [3.63, 3.8) is 0 Å². The summed E-state index contributed by atoms with van der Waals surface area (Å²) in [5.74, 6) is 0.0718. The fourth-order valence-electron chi connectivity index (χ4n) is 1.24. The molecule has 2 nitrogen and oxygen atoms in total. The van der Waals surface area contributed by atoms with Gasteiger partial charge in [0.1, 0.15) is 0 Å². The summed E-state index contributed by atoms with van der Waals surface area (Å²) in [5.41, 5.74) is 0. The van der Waals surface area contributed by atoms with Crippen LogP contribution in [0, 0.1) is 6.92 Å². The summed E-state index contributed by atoms with van der Waals surface area (Å²) >= 11 is 3.93. The monoisotopic (exact) mass is 337 g/mol. The molecule has 0 spiro atoms. The minimum atomic E-state index is 0.0718. The van der Waals surface area contributed by atoms with Crippen LogP contribution in [0.3, 0.4) is 0 Å². The van der Waals surface area contributed by atoms with Gasteiger partial charge in [-0.15, -0.1) is 11.3 Å². The van der Waals surface area contributed by atoms with E-state index in [1.807, 2.05) is 19.1 Å². The molecule has 0 fully saturated rings. The Morgan fingerprint density at radius 2 is 2.20 bits per heavy atom. The Kier molecular flexibility index (Phi) is 6.24. The molecule has 0 saturated carbocycles. The number of alkyl halides is 1. The van der Waals surface area contributed by atoms with Gasteiger partial charge in [-0.25, -0.2) is 0 Å². The fraction of sp³-hybridized carbons (Fsp3) is 0.545. The first-order valence-corrected chi connectivity index (χ1v) is 7.49. The number of hydrogen-bond acceptors (Lipinski definition) is 2. The van der Waals surface area contributed by atoms with Crippen LogP contribution in [0.4, 0.5) is 0 Å². The molecule has 84 valence electrons. The first kappa shape index (κ1) is 13.0. The Morgan fingerprint density at radius 3 is 2.80 bits per heavy atom. The van der Waals surface area contributed by atoms with Crippen molar-refractivity contribution in [1.29, 1.82) is 0 Å². The maximum absolute atomic E-state index is 11.6. The van der Waals surface area contributed by atoms with E-state index >= 15 is 0 Å². The van der Waals surface area contributed by atoms with Crippen LogP contribution >= 0.6 is 33.9 Å². The van der Waals surface area contributed by atoms with Gasteiger partial charge in [0.15, 0.2) is 0 Å². The maximum Gasteiger partial charge on any atom is 0.261 e. The number of nitrogens with one attached hydrogen (secondary N) is 1. The molecule has 1 amide bonds. The molecule has 1 heterocycles. The van der Waals surface area contributed by atoms with Gasteiger partial charge < -0.3 is 5.32 Å². The molecule has 1 aromatic heterocycles. The standard InChI is InChI=1S/C11H16INOS/c1-9-5-6-10(15-9)11(14)13-8-4-2-3-7-12/h5-6H,2-4,7-8H2,1H3,(H,13,14). The average Bonchev–Trinajstić information content (AvgIpc) is 2.64. The molecule has 0 aliphatic heterocycles. The van der Waals surface area contributed by atoms with Crippen molar-refractivity contribution in [1.82, 2.24) is 5.32 Å². The van der Waals surface area contributed by atoms with Gasteiger partial charge in [-0.2, -0.15) is 0 Å². The van der Waals surface area contributed by atoms with Gasteiger partial charge in [-0.05, 0) is 36.3 Å². The van der Waals surface area contributed by atoms with Crippen LogP contribution in [0.1, 0.15) is 33.8 Å². The molecule has 0 aliphatic rings. The average molecular weight is 337 g/mol. The van der Waals surface area contributed by atoms with Crippen molar-refractivity contribution in [3.05, 3.63) is 21.9 Å². The number of amides is 1.